The molecule has 244 valence electrons. The Morgan fingerprint density at radius 1 is 1.07 bits per heavy atom. The molecule has 7 N–H and O–H groups in total. The first-order valence-electron chi connectivity index (χ1n) is 14.3. The van der Waals surface area contributed by atoms with Gasteiger partial charge < -0.3 is 40.4 Å². The third-order valence-corrected chi connectivity index (χ3v) is 8.73. The standard InChI is InChI=1S/C32H31ClN2O10.ClH/c1-14-26(36)20(34)10-22(44-14)45-21-12-32(42,13-43-31(41)35-16-8-6-15(33)7-9-16)11-19-23(21)30(40)25-24(29(19)39)27(37)17-4-2-3-5-18(17)28(25)38;/h2-9,14,20-22,26,36,39-40,42H,10-13,34H2,1H3,(H,35,41);1H/t14-,20-,21-,22-,26+,32-;/m0./s1. The summed E-state index contributed by atoms with van der Waals surface area (Å²) >= 11 is 5.89. The molecular weight excluding hydrogens is 643 g/mol. The van der Waals surface area contributed by atoms with Crippen LogP contribution in [0.4, 0.5) is 10.5 Å². The number of aliphatic hydroxyl groups is 2. The van der Waals surface area contributed by atoms with E-state index in [9.17, 15) is 34.8 Å². The number of nitrogens with one attached hydrogen (secondary N) is 1. The van der Waals surface area contributed by atoms with Crippen LogP contribution in [0.1, 0.15) is 68.8 Å². The van der Waals surface area contributed by atoms with Crippen LogP contribution in [-0.4, -0.2) is 74.8 Å². The molecule has 1 saturated heterocycles. The van der Waals surface area contributed by atoms with Gasteiger partial charge in [0.2, 0.25) is 0 Å². The van der Waals surface area contributed by atoms with Gasteiger partial charge >= 0.3 is 6.09 Å². The first-order valence-corrected chi connectivity index (χ1v) is 14.7. The summed E-state index contributed by atoms with van der Waals surface area (Å²) in [6.07, 6.45) is -5.37. The Bertz CT molecular complexity index is 1690. The van der Waals surface area contributed by atoms with E-state index in [0.29, 0.717) is 10.7 Å². The number of ketones is 2. The number of amides is 1. The number of carbonyl (C=O) groups excluding carboxylic acids is 3. The lowest BCUT2D eigenvalue weighted by Gasteiger charge is -2.42. The summed E-state index contributed by atoms with van der Waals surface area (Å²) in [6.45, 7) is 1.04. The lowest BCUT2D eigenvalue weighted by atomic mass is 9.73. The van der Waals surface area contributed by atoms with Crippen molar-refractivity contribution in [3.63, 3.8) is 0 Å². The van der Waals surface area contributed by atoms with Crippen LogP contribution in [-0.2, 0) is 20.6 Å². The molecule has 1 fully saturated rings. The van der Waals surface area contributed by atoms with Gasteiger partial charge in [-0.3, -0.25) is 14.9 Å². The van der Waals surface area contributed by atoms with Gasteiger partial charge in [-0.05, 0) is 31.2 Å². The van der Waals surface area contributed by atoms with Crippen LogP contribution in [0.5, 0.6) is 11.5 Å². The first-order chi connectivity index (χ1) is 21.4. The molecule has 46 heavy (non-hydrogen) atoms. The quantitative estimate of drug-likeness (QED) is 0.169. The predicted octanol–water partition coefficient (Wildman–Crippen LogP) is 3.76. The zero-order valence-corrected chi connectivity index (χ0v) is 26.0. The van der Waals surface area contributed by atoms with Crippen molar-refractivity contribution in [2.24, 2.45) is 5.73 Å². The Morgan fingerprint density at radius 2 is 1.67 bits per heavy atom. The van der Waals surface area contributed by atoms with Crippen molar-refractivity contribution >= 4 is 47.4 Å². The average molecular weight is 676 g/mol. The second-order valence-corrected chi connectivity index (χ2v) is 12.1. The number of rotatable bonds is 5. The minimum atomic E-state index is -1.87. The number of phenols is 2. The lowest BCUT2D eigenvalue weighted by Crippen LogP contribution is -2.52. The zero-order valence-electron chi connectivity index (χ0n) is 24.4. The van der Waals surface area contributed by atoms with E-state index in [4.69, 9.17) is 31.5 Å². The lowest BCUT2D eigenvalue weighted by molar-refractivity contribution is -0.248. The number of aliphatic hydroxyl groups excluding tert-OH is 1. The summed E-state index contributed by atoms with van der Waals surface area (Å²) in [5.41, 5.74) is 3.90. The summed E-state index contributed by atoms with van der Waals surface area (Å²) in [7, 11) is 0. The zero-order chi connectivity index (χ0) is 32.2. The van der Waals surface area contributed by atoms with E-state index in [1.54, 1.807) is 43.3 Å². The van der Waals surface area contributed by atoms with Crippen molar-refractivity contribution in [2.75, 3.05) is 11.9 Å². The largest absolute Gasteiger partial charge is 0.507 e. The maximum Gasteiger partial charge on any atom is 0.411 e. The van der Waals surface area contributed by atoms with Crippen LogP contribution in [0.3, 0.4) is 0 Å². The van der Waals surface area contributed by atoms with Crippen LogP contribution in [0, 0.1) is 0 Å². The molecule has 12 nitrogen and oxygen atoms in total. The van der Waals surface area contributed by atoms with Crippen molar-refractivity contribution in [3.8, 4) is 11.5 Å². The van der Waals surface area contributed by atoms with E-state index in [0.717, 1.165) is 0 Å². The Labute approximate surface area is 274 Å². The number of anilines is 1. The van der Waals surface area contributed by atoms with Crippen LogP contribution >= 0.6 is 24.0 Å². The minimum Gasteiger partial charge on any atom is -0.507 e. The highest BCUT2D eigenvalue weighted by Gasteiger charge is 2.48. The maximum absolute atomic E-state index is 13.6. The van der Waals surface area contributed by atoms with Crippen molar-refractivity contribution in [1.82, 2.24) is 0 Å². The molecule has 1 amide bonds. The highest BCUT2D eigenvalue weighted by Crippen LogP contribution is 2.52. The highest BCUT2D eigenvalue weighted by atomic mass is 35.5. The smallest absolute Gasteiger partial charge is 0.411 e. The molecule has 14 heteroatoms. The van der Waals surface area contributed by atoms with E-state index in [2.05, 4.69) is 5.32 Å². The molecule has 0 bridgehead atoms. The van der Waals surface area contributed by atoms with Gasteiger partial charge in [0.25, 0.3) is 0 Å². The van der Waals surface area contributed by atoms with Gasteiger partial charge in [0.15, 0.2) is 17.9 Å². The summed E-state index contributed by atoms with van der Waals surface area (Å²) in [6, 6.07) is 11.6. The molecule has 6 atom stereocenters. The van der Waals surface area contributed by atoms with Gasteiger partial charge in [-0.25, -0.2) is 4.79 Å². The average Bonchev–Trinajstić information content (AvgIpc) is 3.00. The number of hydrogen-bond donors (Lipinski definition) is 6. The Balaban J connectivity index is 0.00000417. The van der Waals surface area contributed by atoms with Gasteiger partial charge in [0.05, 0.1) is 29.4 Å². The highest BCUT2D eigenvalue weighted by molar-refractivity contribution is 6.31. The van der Waals surface area contributed by atoms with Crippen LogP contribution in [0.25, 0.3) is 0 Å². The molecule has 3 aromatic carbocycles. The number of fused-ring (bicyclic) bond motifs is 3. The molecule has 0 aromatic heterocycles. The number of halogens is 2. The van der Waals surface area contributed by atoms with Gasteiger partial charge in [-0.1, -0.05) is 35.9 Å². The Morgan fingerprint density at radius 3 is 2.28 bits per heavy atom. The topological polar surface area (TPSA) is 198 Å². The summed E-state index contributed by atoms with van der Waals surface area (Å²) in [4.78, 5) is 39.7. The molecule has 0 unspecified atom stereocenters. The number of phenolic OH excluding ortho intramolecular Hbond substituents is 2. The number of ether oxygens (including phenoxy) is 3. The molecule has 0 saturated carbocycles. The molecule has 0 radical (unpaired) electrons. The number of aromatic hydroxyl groups is 2. The summed E-state index contributed by atoms with van der Waals surface area (Å²) < 4.78 is 17.3. The first kappa shape index (κ1) is 33.6. The van der Waals surface area contributed by atoms with E-state index in [1.165, 1.54) is 12.1 Å². The van der Waals surface area contributed by atoms with Gasteiger partial charge in [-0.2, -0.15) is 0 Å². The molecule has 2 aliphatic carbocycles. The molecule has 1 heterocycles. The summed E-state index contributed by atoms with van der Waals surface area (Å²) in [5.74, 6) is -2.52. The van der Waals surface area contributed by atoms with Crippen molar-refractivity contribution in [3.05, 3.63) is 86.9 Å². The summed E-state index contributed by atoms with van der Waals surface area (Å²) in [5, 5.41) is 48.1. The maximum atomic E-state index is 13.6. The normalized spacial score (nSPS) is 26.7. The van der Waals surface area contributed by atoms with E-state index >= 15 is 0 Å². The monoisotopic (exact) mass is 674 g/mol. The number of carbonyl (C=O) groups is 3. The van der Waals surface area contributed by atoms with E-state index < -0.39 is 77.6 Å². The molecule has 6 rings (SSSR count). The molecular formula is C32H32Cl2N2O10. The third kappa shape index (κ3) is 6.05. The fraction of sp³-hybridized carbons (Fsp3) is 0.344. The molecule has 3 aliphatic rings. The van der Waals surface area contributed by atoms with Crippen LogP contribution in [0.2, 0.25) is 5.02 Å². The fourth-order valence-corrected chi connectivity index (χ4v) is 6.35. The van der Waals surface area contributed by atoms with Gasteiger partial charge in [0, 0.05) is 58.3 Å². The Hall–Kier alpha value is -3.75. The second-order valence-electron chi connectivity index (χ2n) is 11.6. The predicted molar refractivity (Wildman–Crippen MR) is 167 cm³/mol. The number of nitrogens with two attached hydrogens (primary N) is 1. The molecule has 1 aliphatic heterocycles. The Kier molecular flexibility index (Phi) is 9.35. The van der Waals surface area contributed by atoms with Crippen molar-refractivity contribution < 1.29 is 49.0 Å². The number of benzene rings is 3. The number of hydrogen-bond acceptors (Lipinski definition) is 11. The van der Waals surface area contributed by atoms with Crippen molar-refractivity contribution in [1.29, 1.82) is 0 Å². The van der Waals surface area contributed by atoms with Gasteiger partial charge in [0.1, 0.15) is 23.7 Å². The van der Waals surface area contributed by atoms with Crippen LogP contribution < -0.4 is 11.1 Å². The third-order valence-electron chi connectivity index (χ3n) is 8.48. The van der Waals surface area contributed by atoms with E-state index in [1.807, 2.05) is 0 Å². The van der Waals surface area contributed by atoms with Gasteiger partial charge in [-0.15, -0.1) is 12.4 Å². The fourth-order valence-electron chi connectivity index (χ4n) is 6.23. The SMILES string of the molecule is C[C@@H]1O[C@@H](O[C@H]2C[C@](O)(COC(=O)Nc3ccc(Cl)cc3)Cc3c(O)c4c(c(O)c32)C(=O)c2ccccc2C4=O)C[C@H](N)[C@@H]1O.Cl. The van der Waals surface area contributed by atoms with Crippen molar-refractivity contribution in [2.45, 2.75) is 62.4 Å². The molecule has 0 spiro atoms. The molecule has 3 aromatic rings. The minimum absolute atomic E-state index is 0. The van der Waals surface area contributed by atoms with Crippen LogP contribution in [0.15, 0.2) is 48.5 Å². The second kappa shape index (κ2) is 12.8. The van der Waals surface area contributed by atoms with E-state index in [-0.39, 0.29) is 59.5 Å².